The van der Waals surface area contributed by atoms with Gasteiger partial charge in [0.15, 0.2) is 5.82 Å². The van der Waals surface area contributed by atoms with E-state index in [0.29, 0.717) is 17.9 Å². The van der Waals surface area contributed by atoms with Crippen LogP contribution in [0.5, 0.6) is 0 Å². The maximum absolute atomic E-state index is 12.3. The van der Waals surface area contributed by atoms with Gasteiger partial charge in [-0.05, 0) is 31.3 Å². The van der Waals surface area contributed by atoms with Crippen LogP contribution in [0.1, 0.15) is 28.9 Å². The Balaban J connectivity index is 1.69. The molecule has 1 unspecified atom stereocenters. The van der Waals surface area contributed by atoms with Gasteiger partial charge >= 0.3 is 0 Å². The van der Waals surface area contributed by atoms with Crippen molar-refractivity contribution in [1.82, 2.24) is 19.7 Å². The molecule has 3 heterocycles. The van der Waals surface area contributed by atoms with Crippen molar-refractivity contribution in [3.63, 3.8) is 0 Å². The standard InChI is InChI=1S/C14H17N5O2S/c1-9-11(8-22-18-9)13(20)17-10-3-2-6-19(7-10)12-14(21)16-5-4-15-12/h4-5,8,10H,2-3,6-7H2,1H3,(H,16,21)(H,17,20). The van der Waals surface area contributed by atoms with E-state index in [1.807, 2.05) is 11.8 Å². The average molecular weight is 319 g/mol. The number of amides is 1. The molecular formula is C14H17N5O2S. The molecule has 0 radical (unpaired) electrons. The monoisotopic (exact) mass is 319 g/mol. The Hall–Kier alpha value is -2.22. The maximum atomic E-state index is 12.3. The van der Waals surface area contributed by atoms with Gasteiger partial charge in [0.1, 0.15) is 0 Å². The molecule has 22 heavy (non-hydrogen) atoms. The number of hydrogen-bond donors (Lipinski definition) is 2. The van der Waals surface area contributed by atoms with Gasteiger partial charge < -0.3 is 15.2 Å². The van der Waals surface area contributed by atoms with Gasteiger partial charge in [-0.1, -0.05) is 0 Å². The summed E-state index contributed by atoms with van der Waals surface area (Å²) in [6.45, 7) is 3.18. The lowest BCUT2D eigenvalue weighted by Crippen LogP contribution is -2.49. The summed E-state index contributed by atoms with van der Waals surface area (Å²) in [5.41, 5.74) is 1.17. The van der Waals surface area contributed by atoms with Crippen LogP contribution >= 0.6 is 11.5 Å². The topological polar surface area (TPSA) is 91.0 Å². The first-order valence-corrected chi connectivity index (χ1v) is 7.99. The van der Waals surface area contributed by atoms with Crippen LogP contribution in [-0.4, -0.2) is 39.4 Å². The van der Waals surface area contributed by atoms with Crippen LogP contribution < -0.4 is 15.8 Å². The van der Waals surface area contributed by atoms with Gasteiger partial charge in [-0.2, -0.15) is 4.37 Å². The molecule has 0 aliphatic carbocycles. The maximum Gasteiger partial charge on any atom is 0.290 e. The third kappa shape index (κ3) is 3.01. The molecular weight excluding hydrogens is 302 g/mol. The Morgan fingerprint density at radius 2 is 2.41 bits per heavy atom. The summed E-state index contributed by atoms with van der Waals surface area (Å²) < 4.78 is 4.12. The fourth-order valence-corrected chi connectivity index (χ4v) is 3.32. The first kappa shape index (κ1) is 14.7. The molecule has 0 saturated carbocycles. The van der Waals surface area contributed by atoms with Gasteiger partial charge in [0.05, 0.1) is 11.3 Å². The van der Waals surface area contributed by atoms with E-state index in [1.54, 1.807) is 11.6 Å². The minimum atomic E-state index is -0.202. The number of aryl methyl sites for hydroxylation is 1. The molecule has 0 spiro atoms. The van der Waals surface area contributed by atoms with Crippen LogP contribution in [0.3, 0.4) is 0 Å². The molecule has 0 bridgehead atoms. The highest BCUT2D eigenvalue weighted by Crippen LogP contribution is 2.16. The van der Waals surface area contributed by atoms with E-state index in [4.69, 9.17) is 0 Å². The molecule has 1 aliphatic rings. The number of aromatic nitrogens is 3. The summed E-state index contributed by atoms with van der Waals surface area (Å²) in [4.78, 5) is 32.8. The van der Waals surface area contributed by atoms with Crippen molar-refractivity contribution in [2.45, 2.75) is 25.8 Å². The molecule has 3 rings (SSSR count). The van der Waals surface area contributed by atoms with E-state index in [2.05, 4.69) is 19.7 Å². The largest absolute Gasteiger partial charge is 0.350 e. The van der Waals surface area contributed by atoms with Crippen molar-refractivity contribution >= 4 is 23.3 Å². The molecule has 2 aromatic rings. The number of nitrogens with one attached hydrogen (secondary N) is 2. The van der Waals surface area contributed by atoms with Gasteiger partial charge in [0.25, 0.3) is 11.5 Å². The predicted molar refractivity (Wildman–Crippen MR) is 84.4 cm³/mol. The lowest BCUT2D eigenvalue weighted by molar-refractivity contribution is 0.0932. The summed E-state index contributed by atoms with van der Waals surface area (Å²) in [6, 6.07) is 0.00181. The Kier molecular flexibility index (Phi) is 4.19. The molecule has 116 valence electrons. The van der Waals surface area contributed by atoms with Crippen LogP contribution in [0, 0.1) is 6.92 Å². The minimum absolute atomic E-state index is 0.00181. The highest BCUT2D eigenvalue weighted by molar-refractivity contribution is 7.03. The fraction of sp³-hybridized carbons (Fsp3) is 0.429. The van der Waals surface area contributed by atoms with Crippen LogP contribution in [0.25, 0.3) is 0 Å². The van der Waals surface area contributed by atoms with Crippen LogP contribution in [0.15, 0.2) is 22.6 Å². The molecule has 1 amide bonds. The molecule has 2 aromatic heterocycles. The number of carbonyl (C=O) groups is 1. The Labute approximate surface area is 131 Å². The molecule has 2 N–H and O–H groups in total. The number of piperidine rings is 1. The van der Waals surface area contributed by atoms with Crippen molar-refractivity contribution in [2.75, 3.05) is 18.0 Å². The first-order chi connectivity index (χ1) is 10.6. The molecule has 1 atom stereocenters. The smallest absolute Gasteiger partial charge is 0.290 e. The third-order valence-electron chi connectivity index (χ3n) is 3.74. The van der Waals surface area contributed by atoms with E-state index in [1.165, 1.54) is 17.7 Å². The zero-order valence-electron chi connectivity index (χ0n) is 12.2. The third-order valence-corrected chi connectivity index (χ3v) is 4.46. The van der Waals surface area contributed by atoms with Gasteiger partial charge in [0, 0.05) is 36.9 Å². The number of rotatable bonds is 3. The number of nitrogens with zero attached hydrogens (tertiary/aromatic N) is 3. The second kappa shape index (κ2) is 6.27. The lowest BCUT2D eigenvalue weighted by Gasteiger charge is -2.33. The van der Waals surface area contributed by atoms with Gasteiger partial charge in [-0.25, -0.2) is 4.98 Å². The molecule has 1 fully saturated rings. The number of aromatic amines is 1. The Morgan fingerprint density at radius 1 is 1.55 bits per heavy atom. The second-order valence-electron chi connectivity index (χ2n) is 5.31. The molecule has 0 aromatic carbocycles. The quantitative estimate of drug-likeness (QED) is 0.878. The molecule has 8 heteroatoms. The normalized spacial score (nSPS) is 18.2. The van der Waals surface area contributed by atoms with E-state index in [-0.39, 0.29) is 17.5 Å². The molecule has 7 nitrogen and oxygen atoms in total. The summed E-state index contributed by atoms with van der Waals surface area (Å²) in [5.74, 6) is 0.308. The minimum Gasteiger partial charge on any atom is -0.350 e. The van der Waals surface area contributed by atoms with Crippen LogP contribution in [0.2, 0.25) is 0 Å². The van der Waals surface area contributed by atoms with Gasteiger partial charge in [-0.3, -0.25) is 9.59 Å². The van der Waals surface area contributed by atoms with Crippen molar-refractivity contribution in [3.05, 3.63) is 39.4 Å². The van der Waals surface area contributed by atoms with Crippen molar-refractivity contribution in [1.29, 1.82) is 0 Å². The number of hydrogen-bond acceptors (Lipinski definition) is 6. The van der Waals surface area contributed by atoms with Crippen LogP contribution in [-0.2, 0) is 0 Å². The zero-order valence-corrected chi connectivity index (χ0v) is 13.0. The lowest BCUT2D eigenvalue weighted by atomic mass is 10.1. The van der Waals surface area contributed by atoms with Gasteiger partial charge in [-0.15, -0.1) is 0 Å². The van der Waals surface area contributed by atoms with Gasteiger partial charge in [0.2, 0.25) is 0 Å². The van der Waals surface area contributed by atoms with E-state index >= 15 is 0 Å². The fourth-order valence-electron chi connectivity index (χ4n) is 2.63. The summed E-state index contributed by atoms with van der Waals surface area (Å²) in [5, 5.41) is 4.79. The highest BCUT2D eigenvalue weighted by atomic mass is 32.1. The van der Waals surface area contributed by atoms with E-state index < -0.39 is 0 Å². The summed E-state index contributed by atoms with van der Waals surface area (Å²) in [7, 11) is 0. The van der Waals surface area contributed by atoms with Crippen molar-refractivity contribution in [2.24, 2.45) is 0 Å². The predicted octanol–water partition coefficient (Wildman–Crippen LogP) is 0.934. The van der Waals surface area contributed by atoms with Crippen LogP contribution in [0.4, 0.5) is 5.82 Å². The number of anilines is 1. The summed E-state index contributed by atoms with van der Waals surface area (Å²) >= 11 is 1.28. The highest BCUT2D eigenvalue weighted by Gasteiger charge is 2.24. The Morgan fingerprint density at radius 3 is 3.14 bits per heavy atom. The SMILES string of the molecule is Cc1nscc1C(=O)NC1CCCN(c2ncc[nH]c2=O)C1. The molecule has 1 aliphatic heterocycles. The average Bonchev–Trinajstić information content (AvgIpc) is 2.94. The van der Waals surface area contributed by atoms with Crippen molar-refractivity contribution < 1.29 is 4.79 Å². The first-order valence-electron chi connectivity index (χ1n) is 7.15. The second-order valence-corrected chi connectivity index (χ2v) is 5.94. The van der Waals surface area contributed by atoms with Crippen molar-refractivity contribution in [3.8, 4) is 0 Å². The Bertz CT molecular complexity index is 726. The van der Waals surface area contributed by atoms with E-state index in [9.17, 15) is 9.59 Å². The molecule has 1 saturated heterocycles. The number of H-pyrrole nitrogens is 1. The number of carbonyl (C=O) groups excluding carboxylic acids is 1. The zero-order chi connectivity index (χ0) is 15.5. The summed E-state index contributed by atoms with van der Waals surface area (Å²) in [6.07, 6.45) is 4.88. The van der Waals surface area contributed by atoms with E-state index in [0.717, 1.165) is 25.1 Å².